The topological polar surface area (TPSA) is 63.6 Å². The van der Waals surface area contributed by atoms with Crippen LogP contribution in [0.1, 0.15) is 27.0 Å². The zero-order valence-corrected chi connectivity index (χ0v) is 14.6. The molecule has 2 rings (SSSR count). The van der Waals surface area contributed by atoms with Crippen molar-refractivity contribution in [2.45, 2.75) is 13.8 Å². The number of aryl methyl sites for hydroxylation is 2. The average Bonchev–Trinajstić information content (AvgIpc) is 2.56. The fraction of sp³-hybridized carbons (Fsp3) is 0.100. The Bertz CT molecular complexity index is 841. The number of ketones is 1. The second kappa shape index (κ2) is 7.81. The Morgan fingerprint density at radius 2 is 1.68 bits per heavy atom. The molecule has 0 aliphatic carbocycles. The van der Waals surface area contributed by atoms with E-state index in [2.05, 4.69) is 6.58 Å². The number of hydrogen-bond acceptors (Lipinski definition) is 3. The van der Waals surface area contributed by atoms with Crippen molar-refractivity contribution in [3.63, 3.8) is 0 Å². The minimum Gasteiger partial charge on any atom is -0.475 e. The van der Waals surface area contributed by atoms with Crippen molar-refractivity contribution in [2.24, 2.45) is 0 Å². The third-order valence-electron chi connectivity index (χ3n) is 3.50. The molecule has 2 aromatic rings. The number of carbonyl (C=O) groups is 2. The molecule has 0 radical (unpaired) electrons. The zero-order valence-electron chi connectivity index (χ0n) is 13.9. The first-order chi connectivity index (χ1) is 11.8. The summed E-state index contributed by atoms with van der Waals surface area (Å²) >= 11 is 5.81. The Hall–Kier alpha value is -2.85. The molecule has 0 amide bonds. The first kappa shape index (κ1) is 18.5. The van der Waals surface area contributed by atoms with Crippen molar-refractivity contribution in [3.8, 4) is 5.75 Å². The fourth-order valence-corrected chi connectivity index (χ4v) is 2.42. The van der Waals surface area contributed by atoms with E-state index >= 15 is 0 Å². The lowest BCUT2D eigenvalue weighted by molar-refractivity contribution is -0.135. The number of aliphatic carboxylic acids is 1. The summed E-state index contributed by atoms with van der Waals surface area (Å²) in [6.45, 7) is 6.97. The second-order valence-corrected chi connectivity index (χ2v) is 5.96. The standard InChI is InChI=1S/C20H17ClO4/c1-12-10-15(11-13(2)19(12)25-14(3)20(23)24)4-9-18(22)16-5-7-17(21)8-6-16/h4-11H,3H2,1-2H3,(H,23,24)/b9-4+. The van der Waals surface area contributed by atoms with E-state index in [-0.39, 0.29) is 11.5 Å². The van der Waals surface area contributed by atoms with Crippen LogP contribution in [0, 0.1) is 13.8 Å². The van der Waals surface area contributed by atoms with E-state index in [9.17, 15) is 9.59 Å². The van der Waals surface area contributed by atoms with Gasteiger partial charge in [-0.25, -0.2) is 4.79 Å². The summed E-state index contributed by atoms with van der Waals surface area (Å²) in [7, 11) is 0. The lowest BCUT2D eigenvalue weighted by atomic mass is 10.0. The molecule has 0 aromatic heterocycles. The van der Waals surface area contributed by atoms with Crippen LogP contribution in [0.4, 0.5) is 0 Å². The first-order valence-electron chi connectivity index (χ1n) is 7.47. The van der Waals surface area contributed by atoms with Gasteiger partial charge in [0.05, 0.1) is 0 Å². The van der Waals surface area contributed by atoms with E-state index in [0.717, 1.165) is 16.7 Å². The maximum absolute atomic E-state index is 12.2. The Morgan fingerprint density at radius 1 is 1.12 bits per heavy atom. The Labute approximate surface area is 151 Å². The van der Waals surface area contributed by atoms with Crippen molar-refractivity contribution >= 4 is 29.4 Å². The number of benzene rings is 2. The average molecular weight is 357 g/mol. The number of rotatable bonds is 6. The number of carboxylic acid groups (broad SMARTS) is 1. The molecule has 0 bridgehead atoms. The van der Waals surface area contributed by atoms with Gasteiger partial charge in [0.25, 0.3) is 0 Å². The molecule has 0 saturated carbocycles. The SMILES string of the molecule is C=C(Oc1c(C)cc(/C=C/C(=O)c2ccc(Cl)cc2)cc1C)C(=O)O. The molecule has 5 heteroatoms. The van der Waals surface area contributed by atoms with Crippen LogP contribution in [0.2, 0.25) is 5.02 Å². The molecule has 0 unspecified atom stereocenters. The largest absolute Gasteiger partial charge is 0.475 e. The molecule has 2 aromatic carbocycles. The molecule has 0 atom stereocenters. The smallest absolute Gasteiger partial charge is 0.371 e. The van der Waals surface area contributed by atoms with Crippen LogP contribution in [0.15, 0.2) is 54.8 Å². The highest BCUT2D eigenvalue weighted by Gasteiger charge is 2.12. The molecule has 4 nitrogen and oxygen atoms in total. The van der Waals surface area contributed by atoms with Gasteiger partial charge >= 0.3 is 5.97 Å². The molecule has 0 fully saturated rings. The first-order valence-corrected chi connectivity index (χ1v) is 7.85. The molecule has 0 saturated heterocycles. The molecule has 0 aliphatic rings. The predicted octanol–water partition coefficient (Wildman–Crippen LogP) is 4.83. The zero-order chi connectivity index (χ0) is 18.6. The van der Waals surface area contributed by atoms with Crippen molar-refractivity contribution < 1.29 is 19.4 Å². The van der Waals surface area contributed by atoms with Crippen LogP contribution in [0.5, 0.6) is 5.75 Å². The monoisotopic (exact) mass is 356 g/mol. The summed E-state index contributed by atoms with van der Waals surface area (Å²) in [5.74, 6) is -1.23. The molecular formula is C20H17ClO4. The number of carbonyl (C=O) groups excluding carboxylic acids is 1. The number of carboxylic acids is 1. The number of ether oxygens (including phenoxy) is 1. The summed E-state index contributed by atoms with van der Waals surface area (Å²) in [4.78, 5) is 23.0. The summed E-state index contributed by atoms with van der Waals surface area (Å²) in [6.07, 6.45) is 3.18. The van der Waals surface area contributed by atoms with Crippen molar-refractivity contribution in [3.05, 3.63) is 82.1 Å². The van der Waals surface area contributed by atoms with Crippen LogP contribution in [0.3, 0.4) is 0 Å². The van der Waals surface area contributed by atoms with E-state index in [1.165, 1.54) is 6.08 Å². The van der Waals surface area contributed by atoms with Gasteiger partial charge in [-0.3, -0.25) is 4.79 Å². The van der Waals surface area contributed by atoms with Gasteiger partial charge < -0.3 is 9.84 Å². The lowest BCUT2D eigenvalue weighted by Gasteiger charge is -2.12. The quantitative estimate of drug-likeness (QED) is 0.457. The highest BCUT2D eigenvalue weighted by Crippen LogP contribution is 2.27. The van der Waals surface area contributed by atoms with Gasteiger partial charge in [0, 0.05) is 10.6 Å². The molecule has 0 heterocycles. The van der Waals surface area contributed by atoms with Gasteiger partial charge in [-0.15, -0.1) is 0 Å². The van der Waals surface area contributed by atoms with Gasteiger partial charge in [-0.1, -0.05) is 17.7 Å². The third kappa shape index (κ3) is 4.81. The molecular weight excluding hydrogens is 340 g/mol. The van der Waals surface area contributed by atoms with Crippen LogP contribution in [-0.2, 0) is 4.79 Å². The van der Waals surface area contributed by atoms with E-state index in [1.807, 2.05) is 12.1 Å². The van der Waals surface area contributed by atoms with E-state index < -0.39 is 5.97 Å². The van der Waals surface area contributed by atoms with Gasteiger partial charge in [0.2, 0.25) is 5.76 Å². The van der Waals surface area contributed by atoms with Gasteiger partial charge in [-0.05, 0) is 79.6 Å². The molecule has 0 spiro atoms. The minimum atomic E-state index is -1.21. The van der Waals surface area contributed by atoms with Crippen molar-refractivity contribution in [2.75, 3.05) is 0 Å². The van der Waals surface area contributed by atoms with Gasteiger partial charge in [0.15, 0.2) is 5.78 Å². The minimum absolute atomic E-state index is 0.133. The van der Waals surface area contributed by atoms with Gasteiger partial charge in [0.1, 0.15) is 5.75 Å². The fourth-order valence-electron chi connectivity index (χ4n) is 2.29. The molecule has 25 heavy (non-hydrogen) atoms. The number of allylic oxidation sites excluding steroid dienone is 1. The molecule has 128 valence electrons. The lowest BCUT2D eigenvalue weighted by Crippen LogP contribution is -2.07. The third-order valence-corrected chi connectivity index (χ3v) is 3.75. The Balaban J connectivity index is 2.20. The Morgan fingerprint density at radius 3 is 2.20 bits per heavy atom. The van der Waals surface area contributed by atoms with Crippen molar-refractivity contribution in [1.82, 2.24) is 0 Å². The second-order valence-electron chi connectivity index (χ2n) is 5.52. The summed E-state index contributed by atoms with van der Waals surface area (Å²) in [5, 5.41) is 9.44. The maximum atomic E-state index is 12.2. The van der Waals surface area contributed by atoms with E-state index in [0.29, 0.717) is 16.3 Å². The number of hydrogen-bond donors (Lipinski definition) is 1. The van der Waals surface area contributed by atoms with Crippen LogP contribution < -0.4 is 4.74 Å². The van der Waals surface area contributed by atoms with Gasteiger partial charge in [-0.2, -0.15) is 0 Å². The number of halogens is 1. The van der Waals surface area contributed by atoms with Crippen LogP contribution in [0.25, 0.3) is 6.08 Å². The van der Waals surface area contributed by atoms with E-state index in [4.69, 9.17) is 21.4 Å². The van der Waals surface area contributed by atoms with Crippen molar-refractivity contribution in [1.29, 1.82) is 0 Å². The highest BCUT2D eigenvalue weighted by molar-refractivity contribution is 6.30. The predicted molar refractivity (Wildman–Crippen MR) is 98.1 cm³/mol. The van der Waals surface area contributed by atoms with Crippen LogP contribution >= 0.6 is 11.6 Å². The summed E-state index contributed by atoms with van der Waals surface area (Å²) < 4.78 is 5.30. The maximum Gasteiger partial charge on any atom is 0.371 e. The highest BCUT2D eigenvalue weighted by atomic mass is 35.5. The van der Waals surface area contributed by atoms with Crippen LogP contribution in [-0.4, -0.2) is 16.9 Å². The van der Waals surface area contributed by atoms with E-state index in [1.54, 1.807) is 44.2 Å². The normalized spacial score (nSPS) is 10.7. The Kier molecular flexibility index (Phi) is 5.78. The molecule has 0 aliphatic heterocycles. The summed E-state index contributed by atoms with van der Waals surface area (Å²) in [5.41, 5.74) is 2.86. The summed E-state index contributed by atoms with van der Waals surface area (Å²) in [6, 6.07) is 10.3. The molecule has 1 N–H and O–H groups in total.